The zero-order valence-electron chi connectivity index (χ0n) is 21.9. The highest BCUT2D eigenvalue weighted by atomic mass is 16.6. The summed E-state index contributed by atoms with van der Waals surface area (Å²) in [4.78, 5) is 0. The lowest BCUT2D eigenvalue weighted by Gasteiger charge is -2.14. The maximum Gasteiger partial charge on any atom is 0.658 e. The molecule has 0 aliphatic heterocycles. The van der Waals surface area contributed by atoms with Gasteiger partial charge < -0.3 is 20.8 Å². The van der Waals surface area contributed by atoms with Crippen LogP contribution in [0.1, 0.15) is 0 Å². The molecule has 0 saturated heterocycles. The molecule has 0 heterocycles. The Kier molecular flexibility index (Phi) is 7.23. The third-order valence-electron chi connectivity index (χ3n) is 6.42. The van der Waals surface area contributed by atoms with Crippen LogP contribution >= 0.6 is 0 Å². The monoisotopic (exact) mass is 535 g/mol. The van der Waals surface area contributed by atoms with Crippen LogP contribution in [0.5, 0.6) is 11.5 Å². The smallest absolute Gasteiger partial charge is 0.525 e. The van der Waals surface area contributed by atoms with Crippen LogP contribution in [-0.4, -0.2) is 7.69 Å². The summed E-state index contributed by atoms with van der Waals surface area (Å²) in [7, 11) is 1.23. The molecule has 41 heavy (non-hydrogen) atoms. The quantitative estimate of drug-likeness (QED) is 0.115. The molecule has 6 rings (SSSR count). The van der Waals surface area contributed by atoms with Crippen LogP contribution < -0.4 is 20.8 Å². The summed E-state index contributed by atoms with van der Waals surface area (Å²) < 4.78 is 12.0. The zero-order valence-corrected chi connectivity index (χ0v) is 21.9. The normalized spacial score (nSPS) is 11.4. The summed E-state index contributed by atoms with van der Waals surface area (Å²) in [5.74, 6) is 0.839. The minimum absolute atomic E-state index is 0.419. The molecule has 4 N–H and O–H groups in total. The average molecular weight is 535 g/mol. The second-order valence-corrected chi connectivity index (χ2v) is 9.12. The number of nitrogens with zero attached hydrogens (tertiary/aromatic N) is 4. The van der Waals surface area contributed by atoms with Gasteiger partial charge in [-0.1, -0.05) is 72.8 Å². The fourth-order valence-electron chi connectivity index (χ4n) is 4.46. The van der Waals surface area contributed by atoms with Gasteiger partial charge in [0.2, 0.25) is 0 Å². The molecule has 8 nitrogen and oxygen atoms in total. The van der Waals surface area contributed by atoms with Crippen LogP contribution in [0.4, 0.5) is 34.1 Å². The van der Waals surface area contributed by atoms with Crippen molar-refractivity contribution in [2.75, 3.05) is 11.5 Å². The molecular formula is C32H24BN6O2. The van der Waals surface area contributed by atoms with Crippen molar-refractivity contribution in [2.45, 2.75) is 0 Å². The molecule has 0 saturated carbocycles. The zero-order chi connectivity index (χ0) is 28.0. The first-order valence-electron chi connectivity index (χ1n) is 12.9. The van der Waals surface area contributed by atoms with E-state index in [1.54, 1.807) is 12.1 Å². The van der Waals surface area contributed by atoms with Crippen molar-refractivity contribution in [1.29, 1.82) is 0 Å². The van der Waals surface area contributed by atoms with Crippen molar-refractivity contribution in [3.63, 3.8) is 0 Å². The van der Waals surface area contributed by atoms with E-state index >= 15 is 0 Å². The second kappa shape index (κ2) is 11.6. The summed E-state index contributed by atoms with van der Waals surface area (Å²) in [5, 5.41) is 21.1. The maximum absolute atomic E-state index is 6.35. The van der Waals surface area contributed by atoms with Crippen LogP contribution in [0.2, 0.25) is 0 Å². The Morgan fingerprint density at radius 3 is 1.32 bits per heavy atom. The molecule has 0 amide bonds. The van der Waals surface area contributed by atoms with Gasteiger partial charge in [-0.05, 0) is 59.3 Å². The number of nitrogens with two attached hydrogens (primary N) is 2. The number of azo groups is 2. The highest BCUT2D eigenvalue weighted by Gasteiger charge is 2.16. The van der Waals surface area contributed by atoms with Crippen molar-refractivity contribution in [2.24, 2.45) is 20.5 Å². The van der Waals surface area contributed by atoms with E-state index in [0.717, 1.165) is 21.5 Å². The van der Waals surface area contributed by atoms with Crippen LogP contribution in [0.3, 0.4) is 0 Å². The topological polar surface area (TPSA) is 120 Å². The molecule has 0 aliphatic rings. The standard InChI is InChI=1S/C32H24BN6O2/c34-25-15-7-9-21-17-19-27(31(29(21)25)38-36-23-11-3-1-4-12-23)40-33-41-28-20-18-22-10-8-16-26(35)30(22)32(28)39-37-24-13-5-2-6-14-24/h1-20H,34-35H2. The number of rotatable bonds is 8. The van der Waals surface area contributed by atoms with Gasteiger partial charge in [0.25, 0.3) is 0 Å². The van der Waals surface area contributed by atoms with Crippen molar-refractivity contribution in [3.05, 3.63) is 121 Å². The maximum atomic E-state index is 6.35. The van der Waals surface area contributed by atoms with E-state index in [0.29, 0.717) is 45.6 Å². The molecule has 0 aromatic heterocycles. The second-order valence-electron chi connectivity index (χ2n) is 9.12. The van der Waals surface area contributed by atoms with Gasteiger partial charge in [0, 0.05) is 22.1 Å². The molecule has 1 radical (unpaired) electrons. The van der Waals surface area contributed by atoms with Gasteiger partial charge >= 0.3 is 7.69 Å². The molecule has 0 atom stereocenters. The average Bonchev–Trinajstić information content (AvgIpc) is 3.01. The summed E-state index contributed by atoms with van der Waals surface area (Å²) in [6, 6.07) is 37.6. The minimum atomic E-state index is 0.419. The predicted octanol–water partition coefficient (Wildman–Crippen LogP) is 8.98. The van der Waals surface area contributed by atoms with E-state index in [1.807, 2.05) is 109 Å². The molecule has 197 valence electrons. The largest absolute Gasteiger partial charge is 0.658 e. The molecule has 0 aliphatic carbocycles. The first-order valence-corrected chi connectivity index (χ1v) is 12.9. The van der Waals surface area contributed by atoms with Crippen molar-refractivity contribution < 1.29 is 9.31 Å². The van der Waals surface area contributed by atoms with Gasteiger partial charge in [-0.15, -0.1) is 10.2 Å². The summed E-state index contributed by atoms with van der Waals surface area (Å²) in [5.41, 5.74) is 16.2. The van der Waals surface area contributed by atoms with E-state index in [-0.39, 0.29) is 0 Å². The van der Waals surface area contributed by atoms with Crippen molar-refractivity contribution in [3.8, 4) is 11.5 Å². The highest BCUT2D eigenvalue weighted by Crippen LogP contribution is 2.42. The lowest BCUT2D eigenvalue weighted by Crippen LogP contribution is -2.11. The van der Waals surface area contributed by atoms with Gasteiger partial charge in [0.1, 0.15) is 22.9 Å². The van der Waals surface area contributed by atoms with Gasteiger partial charge in [0.15, 0.2) is 0 Å². The summed E-state index contributed by atoms with van der Waals surface area (Å²) >= 11 is 0. The number of hydrogen-bond donors (Lipinski definition) is 2. The van der Waals surface area contributed by atoms with Gasteiger partial charge in [-0.25, -0.2) is 0 Å². The van der Waals surface area contributed by atoms with E-state index in [9.17, 15) is 0 Å². The lowest BCUT2D eigenvalue weighted by atomic mass is 10.1. The van der Waals surface area contributed by atoms with Crippen LogP contribution in [0, 0.1) is 0 Å². The first kappa shape index (κ1) is 25.6. The predicted molar refractivity (Wildman–Crippen MR) is 165 cm³/mol. The van der Waals surface area contributed by atoms with Crippen LogP contribution in [0.25, 0.3) is 21.5 Å². The number of benzene rings is 6. The minimum Gasteiger partial charge on any atom is -0.525 e. The molecule has 0 fully saturated rings. The van der Waals surface area contributed by atoms with Crippen molar-refractivity contribution >= 4 is 63.4 Å². The molecule has 0 unspecified atom stereocenters. The van der Waals surface area contributed by atoms with Crippen molar-refractivity contribution in [1.82, 2.24) is 0 Å². The molecule has 9 heteroatoms. The van der Waals surface area contributed by atoms with E-state index in [4.69, 9.17) is 20.8 Å². The number of hydrogen-bond acceptors (Lipinski definition) is 8. The first-order chi connectivity index (χ1) is 20.2. The van der Waals surface area contributed by atoms with E-state index in [1.165, 1.54) is 7.69 Å². The fraction of sp³-hybridized carbons (Fsp3) is 0. The van der Waals surface area contributed by atoms with Crippen LogP contribution in [0.15, 0.2) is 142 Å². The Balaban J connectivity index is 1.33. The summed E-state index contributed by atoms with van der Waals surface area (Å²) in [6.45, 7) is 0. The third-order valence-corrected chi connectivity index (χ3v) is 6.42. The number of anilines is 2. The van der Waals surface area contributed by atoms with Gasteiger partial charge in [0.05, 0.1) is 11.4 Å². The SMILES string of the molecule is Nc1cccc2ccc(O[B]Oc3ccc4cccc(N)c4c3N=Nc3ccccc3)c(N=Nc3ccccc3)c12. The molecule has 0 spiro atoms. The van der Waals surface area contributed by atoms with E-state index in [2.05, 4.69) is 20.5 Å². The Hall–Kier alpha value is -5.70. The fourth-order valence-corrected chi connectivity index (χ4v) is 4.46. The Morgan fingerprint density at radius 2 is 0.878 bits per heavy atom. The Labute approximate surface area is 237 Å². The number of fused-ring (bicyclic) bond motifs is 2. The third kappa shape index (κ3) is 5.55. The Bertz CT molecular complexity index is 1760. The number of nitrogen functional groups attached to an aromatic ring is 2. The lowest BCUT2D eigenvalue weighted by molar-refractivity contribution is 0.461. The van der Waals surface area contributed by atoms with Crippen LogP contribution in [-0.2, 0) is 0 Å². The van der Waals surface area contributed by atoms with Gasteiger partial charge in [-0.3, -0.25) is 0 Å². The molecule has 0 bridgehead atoms. The summed E-state index contributed by atoms with van der Waals surface area (Å²) in [6.07, 6.45) is 0. The molecule has 6 aromatic rings. The Morgan fingerprint density at radius 1 is 0.439 bits per heavy atom. The highest BCUT2D eigenvalue weighted by molar-refractivity contribution is 6.22. The van der Waals surface area contributed by atoms with E-state index < -0.39 is 0 Å². The molecule has 6 aromatic carbocycles. The van der Waals surface area contributed by atoms with Gasteiger partial charge in [-0.2, -0.15) is 10.2 Å². The molecular weight excluding hydrogens is 511 g/mol.